The molecular weight excluding hydrogens is 454 g/mol. The van der Waals surface area contributed by atoms with Gasteiger partial charge >= 0.3 is 5.97 Å². The van der Waals surface area contributed by atoms with E-state index in [0.29, 0.717) is 16.3 Å². The number of carbonyl (C=O) groups is 2. The molecule has 0 radical (unpaired) electrons. The van der Waals surface area contributed by atoms with Crippen molar-refractivity contribution < 1.29 is 19.1 Å². The zero-order valence-corrected chi connectivity index (χ0v) is 18.4. The Balaban J connectivity index is 1.81. The fourth-order valence-electron chi connectivity index (χ4n) is 2.60. The van der Waals surface area contributed by atoms with E-state index >= 15 is 0 Å². The van der Waals surface area contributed by atoms with Crippen LogP contribution in [-0.2, 0) is 9.53 Å². The molecule has 0 unspecified atom stereocenters. The summed E-state index contributed by atoms with van der Waals surface area (Å²) >= 11 is 4.70. The highest BCUT2D eigenvalue weighted by molar-refractivity contribution is 9.10. The summed E-state index contributed by atoms with van der Waals surface area (Å²) in [5.41, 5.74) is 1.29. The molecule has 0 saturated heterocycles. The van der Waals surface area contributed by atoms with E-state index < -0.39 is 12.1 Å². The van der Waals surface area contributed by atoms with Crippen LogP contribution in [0.5, 0.6) is 5.75 Å². The molecule has 1 N–H and O–H groups in total. The lowest BCUT2D eigenvalue weighted by Gasteiger charge is -2.15. The summed E-state index contributed by atoms with van der Waals surface area (Å²) in [6.07, 6.45) is -0.748. The minimum atomic E-state index is -0.748. The van der Waals surface area contributed by atoms with Crippen molar-refractivity contribution in [2.45, 2.75) is 20.0 Å². The van der Waals surface area contributed by atoms with Crippen molar-refractivity contribution >= 4 is 44.1 Å². The Hall–Kier alpha value is -2.64. The number of esters is 1. The first-order chi connectivity index (χ1) is 14.0. The minimum absolute atomic E-state index is 0.255. The van der Waals surface area contributed by atoms with Crippen molar-refractivity contribution in [1.82, 2.24) is 0 Å². The molecule has 1 heterocycles. The normalized spacial score (nSPS) is 11.6. The first-order valence-electron chi connectivity index (χ1n) is 9.07. The number of hydrogen-bond acceptors (Lipinski definition) is 5. The highest BCUT2D eigenvalue weighted by atomic mass is 79.9. The van der Waals surface area contributed by atoms with Gasteiger partial charge in [-0.1, -0.05) is 52.3 Å². The molecule has 7 heteroatoms. The number of halogens is 1. The number of anilines is 1. The zero-order valence-electron chi connectivity index (χ0n) is 16.0. The average molecular weight is 474 g/mol. The first kappa shape index (κ1) is 21.1. The summed E-state index contributed by atoms with van der Waals surface area (Å²) in [5.74, 6) is -0.248. The van der Waals surface area contributed by atoms with Gasteiger partial charge in [0.2, 0.25) is 0 Å². The molecule has 3 aromatic rings. The van der Waals surface area contributed by atoms with Gasteiger partial charge in [0, 0.05) is 9.35 Å². The summed E-state index contributed by atoms with van der Waals surface area (Å²) in [6.45, 7) is 3.66. The van der Waals surface area contributed by atoms with Crippen LogP contribution in [0.2, 0.25) is 0 Å². The maximum Gasteiger partial charge on any atom is 0.341 e. The number of rotatable bonds is 7. The molecule has 0 spiro atoms. The molecule has 3 rings (SSSR count). The molecular formula is C22H20BrNO4S. The van der Waals surface area contributed by atoms with Crippen LogP contribution in [0.1, 0.15) is 24.2 Å². The van der Waals surface area contributed by atoms with Crippen molar-refractivity contribution in [2.75, 3.05) is 11.9 Å². The summed E-state index contributed by atoms with van der Waals surface area (Å²) in [6, 6.07) is 18.7. The molecule has 1 atom stereocenters. The fraction of sp³-hybridized carbons (Fsp3) is 0.182. The van der Waals surface area contributed by atoms with Crippen molar-refractivity contribution in [3.8, 4) is 16.2 Å². The van der Waals surface area contributed by atoms with Crippen LogP contribution in [0.3, 0.4) is 0 Å². The molecule has 0 aliphatic rings. The van der Waals surface area contributed by atoms with E-state index in [1.54, 1.807) is 32.0 Å². The molecule has 0 saturated carbocycles. The van der Waals surface area contributed by atoms with E-state index in [2.05, 4.69) is 21.2 Å². The Bertz CT molecular complexity index is 1000. The minimum Gasteiger partial charge on any atom is -0.481 e. The van der Waals surface area contributed by atoms with Crippen LogP contribution in [0.4, 0.5) is 5.00 Å². The highest BCUT2D eigenvalue weighted by Gasteiger charge is 2.22. The second kappa shape index (κ2) is 9.71. The summed E-state index contributed by atoms with van der Waals surface area (Å²) < 4.78 is 11.7. The average Bonchev–Trinajstić information content (AvgIpc) is 3.13. The summed E-state index contributed by atoms with van der Waals surface area (Å²) in [4.78, 5) is 25.9. The lowest BCUT2D eigenvalue weighted by molar-refractivity contribution is -0.122. The van der Waals surface area contributed by atoms with Gasteiger partial charge in [-0.3, -0.25) is 4.79 Å². The van der Waals surface area contributed by atoms with E-state index in [1.165, 1.54) is 11.3 Å². The van der Waals surface area contributed by atoms with Crippen LogP contribution in [0.15, 0.2) is 65.1 Å². The van der Waals surface area contributed by atoms with Crippen molar-refractivity contribution in [3.63, 3.8) is 0 Å². The fourth-order valence-corrected chi connectivity index (χ4v) is 4.03. The Morgan fingerprint density at radius 2 is 1.86 bits per heavy atom. The van der Waals surface area contributed by atoms with Crippen molar-refractivity contribution in [2.24, 2.45) is 0 Å². The van der Waals surface area contributed by atoms with Crippen LogP contribution in [-0.4, -0.2) is 24.6 Å². The molecule has 150 valence electrons. The summed E-state index contributed by atoms with van der Waals surface area (Å²) in [5, 5.41) is 3.26. The van der Waals surface area contributed by atoms with Gasteiger partial charge in [0.15, 0.2) is 6.10 Å². The van der Waals surface area contributed by atoms with E-state index in [0.717, 1.165) is 14.9 Å². The lowest BCUT2D eigenvalue weighted by atomic mass is 10.1. The van der Waals surface area contributed by atoms with Crippen molar-refractivity contribution in [1.29, 1.82) is 0 Å². The van der Waals surface area contributed by atoms with E-state index in [-0.39, 0.29) is 12.5 Å². The molecule has 0 bridgehead atoms. The monoisotopic (exact) mass is 473 g/mol. The number of nitrogens with one attached hydrogen (secondary N) is 1. The maximum absolute atomic E-state index is 12.7. The molecule has 1 aromatic heterocycles. The van der Waals surface area contributed by atoms with Gasteiger partial charge in [0.05, 0.1) is 12.2 Å². The number of amides is 1. The number of carbonyl (C=O) groups excluding carboxylic acids is 2. The third-order valence-electron chi connectivity index (χ3n) is 4.00. The first-order valence-corrected chi connectivity index (χ1v) is 10.7. The Labute approximate surface area is 181 Å². The SMILES string of the molecule is CCOC(=O)c1cc(-c2ccccc2)sc1NC(=O)[C@H](C)Oc1cccc(Br)c1. The molecule has 1 amide bonds. The Morgan fingerprint density at radius 1 is 1.10 bits per heavy atom. The van der Waals surface area contributed by atoms with Gasteiger partial charge in [0.1, 0.15) is 10.8 Å². The predicted molar refractivity (Wildman–Crippen MR) is 119 cm³/mol. The standard InChI is InChI=1S/C22H20BrNO4S/c1-3-27-22(26)18-13-19(15-8-5-4-6-9-15)29-21(18)24-20(25)14(2)28-17-11-7-10-16(23)12-17/h4-14H,3H2,1-2H3,(H,24,25)/t14-/m0/s1. The van der Waals surface area contributed by atoms with Crippen molar-refractivity contribution in [3.05, 3.63) is 70.7 Å². The molecule has 0 aliphatic carbocycles. The molecule has 2 aromatic carbocycles. The smallest absolute Gasteiger partial charge is 0.341 e. The van der Waals surface area contributed by atoms with Crippen LogP contribution in [0, 0.1) is 0 Å². The second-order valence-corrected chi connectivity index (χ2v) is 8.11. The van der Waals surface area contributed by atoms with E-state index in [4.69, 9.17) is 9.47 Å². The van der Waals surface area contributed by atoms with Crippen LogP contribution in [0.25, 0.3) is 10.4 Å². The van der Waals surface area contributed by atoms with Crippen LogP contribution < -0.4 is 10.1 Å². The van der Waals surface area contributed by atoms with Gasteiger partial charge in [0.25, 0.3) is 5.91 Å². The third kappa shape index (κ3) is 5.46. The Kier molecular flexibility index (Phi) is 7.06. The number of thiophene rings is 1. The largest absolute Gasteiger partial charge is 0.481 e. The van der Waals surface area contributed by atoms with Crippen LogP contribution >= 0.6 is 27.3 Å². The highest BCUT2D eigenvalue weighted by Crippen LogP contribution is 2.36. The topological polar surface area (TPSA) is 64.6 Å². The van der Waals surface area contributed by atoms with Gasteiger partial charge < -0.3 is 14.8 Å². The number of benzene rings is 2. The van der Waals surface area contributed by atoms with Gasteiger partial charge in [-0.2, -0.15) is 0 Å². The zero-order chi connectivity index (χ0) is 20.8. The molecule has 5 nitrogen and oxygen atoms in total. The summed E-state index contributed by atoms with van der Waals surface area (Å²) in [7, 11) is 0. The molecule has 29 heavy (non-hydrogen) atoms. The number of ether oxygens (including phenoxy) is 2. The third-order valence-corrected chi connectivity index (χ3v) is 5.59. The van der Waals surface area contributed by atoms with E-state index in [1.807, 2.05) is 42.5 Å². The van der Waals surface area contributed by atoms with Gasteiger partial charge in [-0.25, -0.2) is 4.79 Å². The predicted octanol–water partition coefficient (Wildman–Crippen LogP) is 5.76. The quantitative estimate of drug-likeness (QED) is 0.443. The maximum atomic E-state index is 12.7. The second-order valence-electron chi connectivity index (χ2n) is 6.15. The molecule has 0 fully saturated rings. The lowest BCUT2D eigenvalue weighted by Crippen LogP contribution is -2.30. The van der Waals surface area contributed by atoms with Gasteiger partial charge in [-0.15, -0.1) is 11.3 Å². The molecule has 0 aliphatic heterocycles. The van der Waals surface area contributed by atoms with Gasteiger partial charge in [-0.05, 0) is 43.7 Å². The number of hydrogen-bond donors (Lipinski definition) is 1. The Morgan fingerprint density at radius 3 is 2.55 bits per heavy atom. The van der Waals surface area contributed by atoms with E-state index in [9.17, 15) is 9.59 Å².